The van der Waals surface area contributed by atoms with Gasteiger partial charge in [0.25, 0.3) is 0 Å². The molecule has 0 aromatic heterocycles. The van der Waals surface area contributed by atoms with Crippen LogP contribution in [-0.4, -0.2) is 48.8 Å². The normalized spacial score (nSPS) is 25.7. The van der Waals surface area contributed by atoms with Crippen LogP contribution in [0.5, 0.6) is 0 Å². The summed E-state index contributed by atoms with van der Waals surface area (Å²) in [4.78, 5) is 12.2. The molecule has 11 heavy (non-hydrogen) atoms. The molecule has 4 heteroatoms. The first kappa shape index (κ1) is 8.49. The van der Waals surface area contributed by atoms with Crippen molar-refractivity contribution >= 4 is 5.97 Å². The van der Waals surface area contributed by atoms with Gasteiger partial charge in [-0.3, -0.25) is 0 Å². The van der Waals surface area contributed by atoms with E-state index in [0.29, 0.717) is 0 Å². The molecule has 4 nitrogen and oxygen atoms in total. The Bertz CT molecular complexity index is 149. The second-order valence-corrected chi connectivity index (χ2v) is 2.88. The van der Waals surface area contributed by atoms with Gasteiger partial charge in [0.15, 0.2) is 0 Å². The highest BCUT2D eigenvalue weighted by Crippen LogP contribution is 2.09. The minimum Gasteiger partial charge on any atom is -0.480 e. The van der Waals surface area contributed by atoms with Crippen LogP contribution < -0.4 is 0 Å². The zero-order chi connectivity index (χ0) is 8.27. The average Bonchev–Trinajstić information content (AvgIpc) is 2.31. The molecule has 0 saturated carbocycles. The first-order valence-electron chi connectivity index (χ1n) is 3.70. The number of carbonyl (C=O) groups is 1. The topological polar surface area (TPSA) is 49.8 Å². The van der Waals surface area contributed by atoms with Gasteiger partial charge in [-0.05, 0) is 13.5 Å². The van der Waals surface area contributed by atoms with Crippen LogP contribution in [0, 0.1) is 0 Å². The summed E-state index contributed by atoms with van der Waals surface area (Å²) in [6, 6.07) is 0. The molecule has 1 aliphatic rings. The first-order valence-corrected chi connectivity index (χ1v) is 3.70. The van der Waals surface area contributed by atoms with Gasteiger partial charge in [-0.1, -0.05) is 0 Å². The lowest BCUT2D eigenvalue weighted by atomic mass is 10.3. The highest BCUT2D eigenvalue weighted by Gasteiger charge is 2.20. The summed E-state index contributed by atoms with van der Waals surface area (Å²) >= 11 is 0. The molecule has 0 aromatic rings. The number of likely N-dealkylation sites (tertiary alicyclic amines) is 1. The van der Waals surface area contributed by atoms with Gasteiger partial charge in [0.1, 0.15) is 6.61 Å². The van der Waals surface area contributed by atoms with Crippen LogP contribution in [0.2, 0.25) is 0 Å². The van der Waals surface area contributed by atoms with Crippen LogP contribution in [0.1, 0.15) is 6.42 Å². The third-order valence-electron chi connectivity index (χ3n) is 1.79. The van der Waals surface area contributed by atoms with Crippen LogP contribution >= 0.6 is 0 Å². The van der Waals surface area contributed by atoms with Crippen molar-refractivity contribution in [1.82, 2.24) is 4.90 Å². The molecule has 1 heterocycles. The molecule has 1 aliphatic heterocycles. The van der Waals surface area contributed by atoms with Gasteiger partial charge in [0, 0.05) is 13.1 Å². The Kier molecular flexibility index (Phi) is 2.84. The van der Waals surface area contributed by atoms with Gasteiger partial charge in [0.05, 0.1) is 6.10 Å². The molecule has 1 rings (SSSR count). The van der Waals surface area contributed by atoms with Crippen molar-refractivity contribution in [2.45, 2.75) is 12.5 Å². The summed E-state index contributed by atoms with van der Waals surface area (Å²) in [5.41, 5.74) is 0. The summed E-state index contributed by atoms with van der Waals surface area (Å²) in [6.45, 7) is 1.69. The number of hydrogen-bond donors (Lipinski definition) is 1. The number of likely N-dealkylation sites (N-methyl/N-ethyl adjacent to an activating group) is 1. The third-order valence-corrected chi connectivity index (χ3v) is 1.79. The predicted molar refractivity (Wildman–Crippen MR) is 39.5 cm³/mol. The number of aliphatic carboxylic acids is 1. The van der Waals surface area contributed by atoms with E-state index in [0.717, 1.165) is 19.5 Å². The quantitative estimate of drug-likeness (QED) is 0.619. The number of carboxylic acid groups (broad SMARTS) is 1. The van der Waals surface area contributed by atoms with Crippen molar-refractivity contribution in [2.75, 3.05) is 26.7 Å². The van der Waals surface area contributed by atoms with E-state index in [4.69, 9.17) is 9.84 Å². The number of nitrogens with zero attached hydrogens (tertiary/aromatic N) is 1. The molecule has 64 valence electrons. The van der Waals surface area contributed by atoms with E-state index in [9.17, 15) is 4.79 Å². The first-order chi connectivity index (χ1) is 5.18. The van der Waals surface area contributed by atoms with E-state index < -0.39 is 5.97 Å². The zero-order valence-electron chi connectivity index (χ0n) is 6.62. The van der Waals surface area contributed by atoms with Crippen LogP contribution in [0.3, 0.4) is 0 Å². The lowest BCUT2D eigenvalue weighted by Gasteiger charge is -2.09. The van der Waals surface area contributed by atoms with Crippen LogP contribution in [0.15, 0.2) is 0 Å². The van der Waals surface area contributed by atoms with E-state index in [1.54, 1.807) is 0 Å². The summed E-state index contributed by atoms with van der Waals surface area (Å²) < 4.78 is 5.09. The molecule has 1 saturated heterocycles. The maximum Gasteiger partial charge on any atom is 0.329 e. The molecule has 0 amide bonds. The van der Waals surface area contributed by atoms with Crippen molar-refractivity contribution in [3.63, 3.8) is 0 Å². The van der Waals surface area contributed by atoms with Crippen molar-refractivity contribution in [3.05, 3.63) is 0 Å². The van der Waals surface area contributed by atoms with E-state index in [-0.39, 0.29) is 12.7 Å². The fourth-order valence-electron chi connectivity index (χ4n) is 1.22. The van der Waals surface area contributed by atoms with Crippen molar-refractivity contribution in [3.8, 4) is 0 Å². The van der Waals surface area contributed by atoms with Gasteiger partial charge < -0.3 is 14.7 Å². The molecule has 0 aliphatic carbocycles. The van der Waals surface area contributed by atoms with E-state index in [2.05, 4.69) is 4.90 Å². The summed E-state index contributed by atoms with van der Waals surface area (Å²) in [5.74, 6) is -0.889. The number of ether oxygens (including phenoxy) is 1. The summed E-state index contributed by atoms with van der Waals surface area (Å²) in [6.07, 6.45) is 1.07. The molecular weight excluding hydrogens is 146 g/mol. The van der Waals surface area contributed by atoms with Crippen molar-refractivity contribution in [1.29, 1.82) is 0 Å². The van der Waals surface area contributed by atoms with E-state index in [1.165, 1.54) is 0 Å². The summed E-state index contributed by atoms with van der Waals surface area (Å²) in [5, 5.41) is 8.30. The second kappa shape index (κ2) is 3.69. The molecule has 0 unspecified atom stereocenters. The monoisotopic (exact) mass is 159 g/mol. The highest BCUT2D eigenvalue weighted by atomic mass is 16.5. The lowest BCUT2D eigenvalue weighted by Crippen LogP contribution is -2.21. The standard InChI is InChI=1S/C7H13NO3/c1-8-3-2-6(4-8)11-5-7(9)10/h6H,2-5H2,1H3,(H,9,10)/t6-/m1/s1. The smallest absolute Gasteiger partial charge is 0.329 e. The molecule has 1 N–H and O–H groups in total. The minimum absolute atomic E-state index is 0.121. The van der Waals surface area contributed by atoms with Crippen molar-refractivity contribution in [2.24, 2.45) is 0 Å². The van der Waals surface area contributed by atoms with E-state index >= 15 is 0 Å². The third kappa shape index (κ3) is 2.86. The molecular formula is C7H13NO3. The Balaban J connectivity index is 2.13. The molecule has 0 bridgehead atoms. The Hall–Kier alpha value is -0.610. The molecule has 0 radical (unpaired) electrons. The number of hydrogen-bond acceptors (Lipinski definition) is 3. The molecule has 0 spiro atoms. The number of rotatable bonds is 3. The van der Waals surface area contributed by atoms with Gasteiger partial charge in [-0.25, -0.2) is 4.79 Å². The molecule has 1 atom stereocenters. The number of carboxylic acids is 1. The van der Waals surface area contributed by atoms with Gasteiger partial charge in [-0.2, -0.15) is 0 Å². The summed E-state index contributed by atoms with van der Waals surface area (Å²) in [7, 11) is 2.00. The average molecular weight is 159 g/mol. The maximum absolute atomic E-state index is 10.1. The SMILES string of the molecule is CN1CC[C@@H](OCC(=O)O)C1. The fourth-order valence-corrected chi connectivity index (χ4v) is 1.22. The second-order valence-electron chi connectivity index (χ2n) is 2.88. The van der Waals surface area contributed by atoms with Crippen LogP contribution in [0.4, 0.5) is 0 Å². The van der Waals surface area contributed by atoms with Crippen molar-refractivity contribution < 1.29 is 14.6 Å². The Labute approximate surface area is 65.8 Å². The molecule has 0 aromatic carbocycles. The van der Waals surface area contributed by atoms with Gasteiger partial charge in [-0.15, -0.1) is 0 Å². The largest absolute Gasteiger partial charge is 0.480 e. The van der Waals surface area contributed by atoms with Gasteiger partial charge in [0.2, 0.25) is 0 Å². The van der Waals surface area contributed by atoms with Crippen LogP contribution in [-0.2, 0) is 9.53 Å². The van der Waals surface area contributed by atoms with Gasteiger partial charge >= 0.3 is 5.97 Å². The Morgan fingerprint density at radius 3 is 3.00 bits per heavy atom. The fraction of sp³-hybridized carbons (Fsp3) is 0.857. The maximum atomic E-state index is 10.1. The Morgan fingerprint density at radius 2 is 2.55 bits per heavy atom. The van der Waals surface area contributed by atoms with Crippen LogP contribution in [0.25, 0.3) is 0 Å². The predicted octanol–water partition coefficient (Wildman–Crippen LogP) is -0.208. The Morgan fingerprint density at radius 1 is 1.82 bits per heavy atom. The zero-order valence-corrected chi connectivity index (χ0v) is 6.62. The molecule has 1 fully saturated rings. The van der Waals surface area contributed by atoms with E-state index in [1.807, 2.05) is 7.05 Å². The minimum atomic E-state index is -0.889. The highest BCUT2D eigenvalue weighted by molar-refractivity contribution is 5.68. The lowest BCUT2D eigenvalue weighted by molar-refractivity contribution is -0.144.